The smallest absolute Gasteiger partial charge is 0.258 e. The van der Waals surface area contributed by atoms with E-state index in [9.17, 15) is 4.79 Å². The van der Waals surface area contributed by atoms with Crippen LogP contribution in [0.25, 0.3) is 22.2 Å². The van der Waals surface area contributed by atoms with Crippen molar-refractivity contribution >= 4 is 28.0 Å². The Hall–Kier alpha value is -3.12. The number of aromatic nitrogens is 1. The first-order chi connectivity index (χ1) is 13.2. The summed E-state index contributed by atoms with van der Waals surface area (Å²) < 4.78 is 11.3. The number of nitrogens with zero attached hydrogens (tertiary/aromatic N) is 1. The molecule has 0 fully saturated rings. The van der Waals surface area contributed by atoms with Gasteiger partial charge in [0.15, 0.2) is 12.4 Å². The number of rotatable bonds is 6. The summed E-state index contributed by atoms with van der Waals surface area (Å²) in [6.07, 6.45) is 0. The van der Waals surface area contributed by atoms with Crippen LogP contribution in [0.4, 0.5) is 0 Å². The summed E-state index contributed by atoms with van der Waals surface area (Å²) in [5.41, 5.74) is 0.815. The van der Waals surface area contributed by atoms with E-state index in [2.05, 4.69) is 10.3 Å². The molecule has 4 aromatic rings. The third-order valence-electron chi connectivity index (χ3n) is 4.08. The Bertz CT molecular complexity index is 1080. The second-order valence-corrected chi connectivity index (χ2v) is 7.15. The number of thiazole rings is 1. The molecule has 0 radical (unpaired) electrons. The van der Waals surface area contributed by atoms with Crippen LogP contribution in [0.5, 0.6) is 5.75 Å². The van der Waals surface area contributed by atoms with Crippen LogP contribution in [0.15, 0.2) is 64.4 Å². The van der Waals surface area contributed by atoms with E-state index in [1.54, 1.807) is 11.3 Å². The second kappa shape index (κ2) is 7.63. The van der Waals surface area contributed by atoms with Gasteiger partial charge in [0, 0.05) is 5.38 Å². The lowest BCUT2D eigenvalue weighted by Crippen LogP contribution is -2.28. The average molecular weight is 378 g/mol. The number of aryl methyl sites for hydroxylation is 1. The summed E-state index contributed by atoms with van der Waals surface area (Å²) in [5.74, 6) is 1.85. The molecule has 136 valence electrons. The van der Waals surface area contributed by atoms with Crippen molar-refractivity contribution < 1.29 is 13.9 Å². The molecule has 1 N–H and O–H groups in total. The molecule has 4 rings (SSSR count). The van der Waals surface area contributed by atoms with Crippen molar-refractivity contribution in [3.63, 3.8) is 0 Å². The Labute approximate surface area is 160 Å². The lowest BCUT2D eigenvalue weighted by Gasteiger charge is -2.07. The van der Waals surface area contributed by atoms with E-state index in [-0.39, 0.29) is 12.5 Å². The third-order valence-corrected chi connectivity index (χ3v) is 4.86. The third kappa shape index (κ3) is 4.17. The molecule has 0 saturated carbocycles. The number of amides is 1. The topological polar surface area (TPSA) is 64.4 Å². The van der Waals surface area contributed by atoms with Gasteiger partial charge in [-0.2, -0.15) is 0 Å². The van der Waals surface area contributed by atoms with E-state index in [0.29, 0.717) is 23.8 Å². The summed E-state index contributed by atoms with van der Waals surface area (Å²) >= 11 is 1.57. The van der Waals surface area contributed by atoms with Crippen molar-refractivity contribution in [2.45, 2.75) is 13.5 Å². The van der Waals surface area contributed by atoms with Gasteiger partial charge in [-0.15, -0.1) is 11.3 Å². The van der Waals surface area contributed by atoms with Crippen molar-refractivity contribution in [1.29, 1.82) is 0 Å². The molecule has 27 heavy (non-hydrogen) atoms. The van der Waals surface area contributed by atoms with Gasteiger partial charge in [-0.25, -0.2) is 4.98 Å². The molecule has 5 nitrogen and oxygen atoms in total. The number of furan rings is 1. The predicted molar refractivity (Wildman–Crippen MR) is 106 cm³/mol. The molecule has 0 unspecified atom stereocenters. The Balaban J connectivity index is 1.30. The normalized spacial score (nSPS) is 10.9. The summed E-state index contributed by atoms with van der Waals surface area (Å²) in [5, 5.41) is 7.96. The van der Waals surface area contributed by atoms with Gasteiger partial charge in [-0.1, -0.05) is 30.3 Å². The maximum atomic E-state index is 12.0. The highest BCUT2D eigenvalue weighted by atomic mass is 32.1. The van der Waals surface area contributed by atoms with E-state index >= 15 is 0 Å². The number of nitrogens with one attached hydrogen (secondary N) is 1. The van der Waals surface area contributed by atoms with Gasteiger partial charge >= 0.3 is 0 Å². The predicted octanol–water partition coefficient (Wildman–Crippen LogP) is 4.56. The number of benzene rings is 2. The van der Waals surface area contributed by atoms with Gasteiger partial charge < -0.3 is 14.5 Å². The van der Waals surface area contributed by atoms with Crippen molar-refractivity contribution in [2.24, 2.45) is 0 Å². The highest BCUT2D eigenvalue weighted by Gasteiger charge is 2.09. The monoisotopic (exact) mass is 378 g/mol. The minimum atomic E-state index is -0.203. The van der Waals surface area contributed by atoms with Crippen LogP contribution in [-0.2, 0) is 11.3 Å². The van der Waals surface area contributed by atoms with Crippen LogP contribution in [0.1, 0.15) is 10.8 Å². The molecule has 6 heteroatoms. The molecule has 0 spiro atoms. The molecule has 1 amide bonds. The molecule has 0 bridgehead atoms. The maximum absolute atomic E-state index is 12.0. The largest absolute Gasteiger partial charge is 0.484 e. The molecule has 2 heterocycles. The Morgan fingerprint density at radius 1 is 1.15 bits per heavy atom. The first-order valence-corrected chi connectivity index (χ1v) is 9.45. The zero-order valence-corrected chi connectivity index (χ0v) is 15.6. The van der Waals surface area contributed by atoms with E-state index in [4.69, 9.17) is 9.15 Å². The minimum absolute atomic E-state index is 0.0445. The zero-order chi connectivity index (χ0) is 18.6. The summed E-state index contributed by atoms with van der Waals surface area (Å²) in [6, 6.07) is 17.5. The molecular weight excluding hydrogens is 360 g/mol. The molecule has 2 aromatic carbocycles. The fraction of sp³-hybridized carbons (Fsp3) is 0.143. The number of fused-ring (bicyclic) bond motifs is 1. The van der Waals surface area contributed by atoms with Crippen LogP contribution in [0.3, 0.4) is 0 Å². The van der Waals surface area contributed by atoms with E-state index in [0.717, 1.165) is 21.5 Å². The van der Waals surface area contributed by atoms with Crippen LogP contribution in [-0.4, -0.2) is 17.5 Å². The van der Waals surface area contributed by atoms with Gasteiger partial charge in [0.05, 0.1) is 11.6 Å². The Morgan fingerprint density at radius 3 is 2.81 bits per heavy atom. The van der Waals surface area contributed by atoms with Crippen LogP contribution < -0.4 is 10.1 Å². The van der Waals surface area contributed by atoms with Gasteiger partial charge in [-0.05, 0) is 42.0 Å². The highest BCUT2D eigenvalue weighted by molar-refractivity contribution is 7.09. The number of carbonyl (C=O) groups is 1. The lowest BCUT2D eigenvalue weighted by atomic mass is 10.1. The van der Waals surface area contributed by atoms with Gasteiger partial charge in [0.25, 0.3) is 5.91 Å². The van der Waals surface area contributed by atoms with Crippen LogP contribution >= 0.6 is 11.3 Å². The standard InChI is InChI=1S/C21H18N2O3S/c1-14-23-19(13-27-14)20-9-8-18(26-20)11-22-21(24)12-25-17-7-6-15-4-2-3-5-16(15)10-17/h2-10,13H,11-12H2,1H3,(H,22,24). The molecule has 0 atom stereocenters. The highest BCUT2D eigenvalue weighted by Crippen LogP contribution is 2.24. The van der Waals surface area contributed by atoms with E-state index in [1.165, 1.54) is 0 Å². The summed E-state index contributed by atoms with van der Waals surface area (Å²) in [7, 11) is 0. The van der Waals surface area contributed by atoms with E-state index in [1.807, 2.05) is 66.9 Å². The summed E-state index contributed by atoms with van der Waals surface area (Å²) in [6.45, 7) is 2.22. The number of hydrogen-bond donors (Lipinski definition) is 1. The number of carbonyl (C=O) groups excluding carboxylic acids is 1. The Morgan fingerprint density at radius 2 is 2.00 bits per heavy atom. The maximum Gasteiger partial charge on any atom is 0.258 e. The van der Waals surface area contributed by atoms with E-state index < -0.39 is 0 Å². The molecule has 0 aliphatic heterocycles. The van der Waals surface area contributed by atoms with Crippen molar-refractivity contribution in [3.8, 4) is 17.2 Å². The molecule has 0 saturated heterocycles. The van der Waals surface area contributed by atoms with Crippen LogP contribution in [0, 0.1) is 6.92 Å². The number of hydrogen-bond acceptors (Lipinski definition) is 5. The zero-order valence-electron chi connectivity index (χ0n) is 14.8. The first-order valence-electron chi connectivity index (χ1n) is 8.57. The molecule has 2 aromatic heterocycles. The average Bonchev–Trinajstić information content (AvgIpc) is 3.33. The summed E-state index contributed by atoms with van der Waals surface area (Å²) in [4.78, 5) is 16.4. The fourth-order valence-electron chi connectivity index (χ4n) is 2.73. The quantitative estimate of drug-likeness (QED) is 0.534. The van der Waals surface area contributed by atoms with Gasteiger partial charge in [0.2, 0.25) is 0 Å². The molecular formula is C21H18N2O3S. The fourth-order valence-corrected chi connectivity index (χ4v) is 3.33. The van der Waals surface area contributed by atoms with Crippen molar-refractivity contribution in [2.75, 3.05) is 6.61 Å². The molecule has 0 aliphatic rings. The van der Waals surface area contributed by atoms with Crippen LogP contribution in [0.2, 0.25) is 0 Å². The first kappa shape index (κ1) is 17.3. The lowest BCUT2D eigenvalue weighted by molar-refractivity contribution is -0.123. The van der Waals surface area contributed by atoms with Crippen molar-refractivity contribution in [1.82, 2.24) is 10.3 Å². The SMILES string of the molecule is Cc1nc(-c2ccc(CNC(=O)COc3ccc4ccccc4c3)o2)cs1. The van der Waals surface area contributed by atoms with Gasteiger partial charge in [-0.3, -0.25) is 4.79 Å². The van der Waals surface area contributed by atoms with Gasteiger partial charge in [0.1, 0.15) is 17.2 Å². The minimum Gasteiger partial charge on any atom is -0.484 e. The number of ether oxygens (including phenoxy) is 1. The Kier molecular flexibility index (Phi) is 4.89. The van der Waals surface area contributed by atoms with Crippen molar-refractivity contribution in [3.05, 3.63) is 70.7 Å². The second-order valence-electron chi connectivity index (χ2n) is 6.09. The molecule has 0 aliphatic carbocycles.